The molecule has 0 radical (unpaired) electrons. The molecule has 132 valence electrons. The normalized spacial score (nSPS) is 10.4. The zero-order valence-electron chi connectivity index (χ0n) is 13.8. The number of carbonyl (C=O) groups is 2. The van der Waals surface area contributed by atoms with Crippen molar-refractivity contribution in [3.63, 3.8) is 0 Å². The summed E-state index contributed by atoms with van der Waals surface area (Å²) in [4.78, 5) is 24.2. The Hall–Kier alpha value is -3.13. The Bertz CT molecular complexity index is 940. The molecule has 0 atom stereocenters. The molecule has 0 saturated heterocycles. The van der Waals surface area contributed by atoms with Crippen LogP contribution in [0.2, 0.25) is 0 Å². The number of aromatic nitrogens is 2. The highest BCUT2D eigenvalue weighted by Gasteiger charge is 2.15. The van der Waals surface area contributed by atoms with Crippen molar-refractivity contribution in [1.82, 2.24) is 15.5 Å². The monoisotopic (exact) mass is 370 g/mol. The standard InChI is InChI=1S/C18H15FN4O2S/c1-11-6-8-12(9-7-11)21-17(25)18-23-22-15(26-18)10-20-16(24)13-4-2-3-5-14(13)19/h2-9H,10H2,1H3,(H,20,24)(H,21,25). The molecule has 26 heavy (non-hydrogen) atoms. The third kappa shape index (κ3) is 4.28. The summed E-state index contributed by atoms with van der Waals surface area (Å²) >= 11 is 1.06. The first-order valence-electron chi connectivity index (χ1n) is 7.76. The highest BCUT2D eigenvalue weighted by atomic mass is 32.1. The molecule has 0 fully saturated rings. The van der Waals surface area contributed by atoms with Crippen molar-refractivity contribution < 1.29 is 14.0 Å². The molecular weight excluding hydrogens is 355 g/mol. The molecule has 0 spiro atoms. The quantitative estimate of drug-likeness (QED) is 0.723. The van der Waals surface area contributed by atoms with Crippen molar-refractivity contribution >= 4 is 28.8 Å². The zero-order chi connectivity index (χ0) is 18.5. The second-order valence-electron chi connectivity index (χ2n) is 5.48. The number of amides is 2. The lowest BCUT2D eigenvalue weighted by Crippen LogP contribution is -2.23. The van der Waals surface area contributed by atoms with Crippen molar-refractivity contribution in [2.45, 2.75) is 13.5 Å². The van der Waals surface area contributed by atoms with E-state index >= 15 is 0 Å². The molecule has 8 heteroatoms. The van der Waals surface area contributed by atoms with Gasteiger partial charge in [-0.3, -0.25) is 9.59 Å². The molecule has 3 rings (SSSR count). The lowest BCUT2D eigenvalue weighted by Gasteiger charge is -2.03. The predicted octanol–water partition coefficient (Wildman–Crippen LogP) is 3.17. The Morgan fingerprint density at radius 2 is 1.77 bits per heavy atom. The fourth-order valence-corrected chi connectivity index (χ4v) is 2.81. The van der Waals surface area contributed by atoms with Gasteiger partial charge in [0, 0.05) is 5.69 Å². The van der Waals surface area contributed by atoms with Crippen molar-refractivity contribution in [1.29, 1.82) is 0 Å². The molecule has 2 amide bonds. The number of carbonyl (C=O) groups excluding carboxylic acids is 2. The van der Waals surface area contributed by atoms with Gasteiger partial charge in [0.2, 0.25) is 5.01 Å². The van der Waals surface area contributed by atoms with Crippen LogP contribution in [-0.4, -0.2) is 22.0 Å². The largest absolute Gasteiger partial charge is 0.345 e. The maximum atomic E-state index is 13.6. The fourth-order valence-electron chi connectivity index (χ4n) is 2.13. The summed E-state index contributed by atoms with van der Waals surface area (Å²) in [7, 11) is 0. The van der Waals surface area contributed by atoms with Crippen molar-refractivity contribution in [2.24, 2.45) is 0 Å². The van der Waals surface area contributed by atoms with E-state index in [9.17, 15) is 14.0 Å². The third-order valence-corrected chi connectivity index (χ3v) is 4.41. The van der Waals surface area contributed by atoms with Crippen LogP contribution in [0.25, 0.3) is 0 Å². The number of hydrogen-bond acceptors (Lipinski definition) is 5. The Labute approximate surface area is 153 Å². The average Bonchev–Trinajstić information content (AvgIpc) is 3.11. The first-order valence-corrected chi connectivity index (χ1v) is 8.58. The number of benzene rings is 2. The van der Waals surface area contributed by atoms with Crippen molar-refractivity contribution in [3.8, 4) is 0 Å². The summed E-state index contributed by atoms with van der Waals surface area (Å²) in [6.45, 7) is 2.01. The van der Waals surface area contributed by atoms with Crippen LogP contribution in [0.3, 0.4) is 0 Å². The summed E-state index contributed by atoms with van der Waals surface area (Å²) in [5.41, 5.74) is 1.70. The number of rotatable bonds is 5. The number of hydrogen-bond donors (Lipinski definition) is 2. The molecule has 1 aromatic heterocycles. The lowest BCUT2D eigenvalue weighted by molar-refractivity contribution is 0.0946. The summed E-state index contributed by atoms with van der Waals surface area (Å²) in [5, 5.41) is 13.6. The molecule has 0 aliphatic carbocycles. The topological polar surface area (TPSA) is 84.0 Å². The number of aryl methyl sites for hydroxylation is 1. The van der Waals surface area contributed by atoms with E-state index in [1.165, 1.54) is 18.2 Å². The number of anilines is 1. The SMILES string of the molecule is Cc1ccc(NC(=O)c2nnc(CNC(=O)c3ccccc3F)s2)cc1. The van der Waals surface area contributed by atoms with Crippen LogP contribution in [0.4, 0.5) is 10.1 Å². The maximum Gasteiger partial charge on any atom is 0.286 e. The van der Waals surface area contributed by atoms with Crippen LogP contribution in [-0.2, 0) is 6.54 Å². The van der Waals surface area contributed by atoms with Gasteiger partial charge in [0.25, 0.3) is 11.8 Å². The summed E-state index contributed by atoms with van der Waals surface area (Å²) in [6.07, 6.45) is 0. The van der Waals surface area contributed by atoms with Crippen molar-refractivity contribution in [2.75, 3.05) is 5.32 Å². The van der Waals surface area contributed by atoms with Crippen LogP contribution >= 0.6 is 11.3 Å². The average molecular weight is 370 g/mol. The van der Waals surface area contributed by atoms with Gasteiger partial charge in [-0.25, -0.2) is 4.39 Å². The molecule has 2 N–H and O–H groups in total. The van der Waals surface area contributed by atoms with Gasteiger partial charge < -0.3 is 10.6 Å². The molecular formula is C18H15FN4O2S. The van der Waals surface area contributed by atoms with Gasteiger partial charge in [0.05, 0.1) is 12.1 Å². The van der Waals surface area contributed by atoms with Crippen LogP contribution in [0.5, 0.6) is 0 Å². The van der Waals surface area contributed by atoms with Gasteiger partial charge >= 0.3 is 0 Å². The van der Waals surface area contributed by atoms with Gasteiger partial charge in [-0.2, -0.15) is 0 Å². The highest BCUT2D eigenvalue weighted by Crippen LogP contribution is 2.14. The van der Waals surface area contributed by atoms with E-state index in [1.807, 2.05) is 19.1 Å². The van der Waals surface area contributed by atoms with E-state index < -0.39 is 11.7 Å². The molecule has 0 unspecified atom stereocenters. The Morgan fingerprint density at radius 3 is 2.50 bits per heavy atom. The summed E-state index contributed by atoms with van der Waals surface area (Å²) < 4.78 is 13.6. The first-order chi connectivity index (χ1) is 12.5. The maximum absolute atomic E-state index is 13.6. The zero-order valence-corrected chi connectivity index (χ0v) is 14.6. The van der Waals surface area contributed by atoms with Crippen LogP contribution in [0.15, 0.2) is 48.5 Å². The van der Waals surface area contributed by atoms with E-state index in [-0.39, 0.29) is 23.0 Å². The van der Waals surface area contributed by atoms with Gasteiger partial charge in [0.1, 0.15) is 10.8 Å². The smallest absolute Gasteiger partial charge is 0.286 e. The van der Waals surface area contributed by atoms with Crippen LogP contribution < -0.4 is 10.6 Å². The van der Waals surface area contributed by atoms with E-state index in [2.05, 4.69) is 20.8 Å². The minimum Gasteiger partial charge on any atom is -0.345 e. The Balaban J connectivity index is 1.59. The van der Waals surface area contributed by atoms with Crippen molar-refractivity contribution in [3.05, 3.63) is 75.5 Å². The molecule has 2 aromatic carbocycles. The van der Waals surface area contributed by atoms with Gasteiger partial charge in [-0.1, -0.05) is 41.2 Å². The molecule has 1 heterocycles. The number of nitrogens with one attached hydrogen (secondary N) is 2. The summed E-state index contributed by atoms with van der Waals surface area (Å²) in [6, 6.07) is 13.1. The molecule has 0 aliphatic rings. The van der Waals surface area contributed by atoms with Gasteiger partial charge in [-0.05, 0) is 31.2 Å². The summed E-state index contributed by atoms with van der Waals surface area (Å²) in [5.74, 6) is -1.53. The minimum absolute atomic E-state index is 0.0469. The second-order valence-corrected chi connectivity index (χ2v) is 6.55. The number of nitrogens with zero attached hydrogens (tertiary/aromatic N) is 2. The fraction of sp³-hybridized carbons (Fsp3) is 0.111. The van der Waals surface area contributed by atoms with Crippen LogP contribution in [0, 0.1) is 12.7 Å². The van der Waals surface area contributed by atoms with E-state index in [0.717, 1.165) is 16.9 Å². The number of halogens is 1. The van der Waals surface area contributed by atoms with Crippen LogP contribution in [0.1, 0.15) is 30.7 Å². The molecule has 0 bridgehead atoms. The molecule has 0 aliphatic heterocycles. The minimum atomic E-state index is -0.597. The van der Waals surface area contributed by atoms with Gasteiger partial charge in [-0.15, -0.1) is 10.2 Å². The Morgan fingerprint density at radius 1 is 1.04 bits per heavy atom. The third-order valence-electron chi connectivity index (χ3n) is 3.49. The lowest BCUT2D eigenvalue weighted by atomic mass is 10.2. The van der Waals surface area contributed by atoms with E-state index in [1.54, 1.807) is 18.2 Å². The van der Waals surface area contributed by atoms with E-state index in [4.69, 9.17) is 0 Å². The highest BCUT2D eigenvalue weighted by molar-refractivity contribution is 7.13. The molecule has 6 nitrogen and oxygen atoms in total. The van der Waals surface area contributed by atoms with E-state index in [0.29, 0.717) is 10.7 Å². The second kappa shape index (κ2) is 7.83. The molecule has 0 saturated carbocycles. The molecule has 3 aromatic rings. The van der Waals surface area contributed by atoms with Gasteiger partial charge in [0.15, 0.2) is 0 Å². The first kappa shape index (κ1) is 17.7. The Kier molecular flexibility index (Phi) is 5.33. The predicted molar refractivity (Wildman–Crippen MR) is 96.6 cm³/mol.